The van der Waals surface area contributed by atoms with Crippen LogP contribution in [0.2, 0.25) is 0 Å². The van der Waals surface area contributed by atoms with Crippen LogP contribution in [-0.4, -0.2) is 36.1 Å². The van der Waals surface area contributed by atoms with E-state index >= 15 is 0 Å². The normalized spacial score (nSPS) is 31.8. The Labute approximate surface area is 95.4 Å². The lowest BCUT2D eigenvalue weighted by atomic mass is 10.1. The molecule has 0 aromatic heterocycles. The first-order valence-corrected chi connectivity index (χ1v) is 6.53. The Hall–Kier alpha value is -0.0800. The molecule has 0 spiro atoms. The predicted octanol–water partition coefficient (Wildman–Crippen LogP) is 2.49. The van der Waals surface area contributed by atoms with Crippen molar-refractivity contribution in [1.82, 2.24) is 10.2 Å². The Morgan fingerprint density at radius 1 is 1.33 bits per heavy atom. The molecule has 1 N–H and O–H groups in total. The summed E-state index contributed by atoms with van der Waals surface area (Å²) in [5.74, 6) is 0.886. The summed E-state index contributed by atoms with van der Waals surface area (Å²) in [4.78, 5) is 2.68. The van der Waals surface area contributed by atoms with Gasteiger partial charge in [-0.15, -0.1) is 0 Å². The molecule has 90 valence electrons. The molecule has 1 rings (SSSR count). The van der Waals surface area contributed by atoms with Crippen LogP contribution in [0.3, 0.4) is 0 Å². The second-order valence-electron chi connectivity index (χ2n) is 5.43. The van der Waals surface area contributed by atoms with Crippen LogP contribution >= 0.6 is 0 Å². The summed E-state index contributed by atoms with van der Waals surface area (Å²) in [5.41, 5.74) is 0. The van der Waals surface area contributed by atoms with Crippen LogP contribution in [0, 0.1) is 5.92 Å². The first-order valence-electron chi connectivity index (χ1n) is 6.53. The van der Waals surface area contributed by atoms with Gasteiger partial charge in [-0.25, -0.2) is 0 Å². The molecule has 0 radical (unpaired) electrons. The van der Waals surface area contributed by atoms with Crippen LogP contribution < -0.4 is 5.32 Å². The lowest BCUT2D eigenvalue weighted by Crippen LogP contribution is -2.40. The molecule has 1 aliphatic heterocycles. The fourth-order valence-electron chi connectivity index (χ4n) is 3.03. The largest absolute Gasteiger partial charge is 0.314 e. The fraction of sp³-hybridized carbons (Fsp3) is 1.00. The van der Waals surface area contributed by atoms with Crippen LogP contribution in [0.25, 0.3) is 0 Å². The minimum atomic E-state index is 0.646. The highest BCUT2D eigenvalue weighted by molar-refractivity contribution is 4.85. The molecule has 1 fully saturated rings. The Kier molecular flexibility index (Phi) is 5.07. The second-order valence-corrected chi connectivity index (χ2v) is 5.43. The van der Waals surface area contributed by atoms with Crippen molar-refractivity contribution in [1.29, 1.82) is 0 Å². The average Bonchev–Trinajstić information content (AvgIpc) is 2.45. The highest BCUT2D eigenvalue weighted by Crippen LogP contribution is 2.25. The molecule has 2 heteroatoms. The summed E-state index contributed by atoms with van der Waals surface area (Å²) in [5, 5.41) is 3.50. The van der Waals surface area contributed by atoms with E-state index in [1.165, 1.54) is 19.4 Å². The highest BCUT2D eigenvalue weighted by Gasteiger charge is 2.29. The van der Waals surface area contributed by atoms with E-state index in [-0.39, 0.29) is 0 Å². The molecular weight excluding hydrogens is 184 g/mol. The molecular formula is C13H28N2. The van der Waals surface area contributed by atoms with Crippen LogP contribution in [0.5, 0.6) is 0 Å². The maximum Gasteiger partial charge on any atom is 0.00845 e. The standard InChI is InChI=1S/C13H28N2/c1-6-14-11(3)8-13(5)15-9-10(2)7-12(15)4/h10-14H,6-9H2,1-5H3. The van der Waals surface area contributed by atoms with E-state index < -0.39 is 0 Å². The maximum absolute atomic E-state index is 3.50. The molecule has 0 aromatic carbocycles. The van der Waals surface area contributed by atoms with Crippen molar-refractivity contribution in [2.45, 2.75) is 65.6 Å². The molecule has 0 amide bonds. The summed E-state index contributed by atoms with van der Waals surface area (Å²) in [6.45, 7) is 14.0. The minimum Gasteiger partial charge on any atom is -0.314 e. The molecule has 0 aromatic rings. The summed E-state index contributed by atoms with van der Waals surface area (Å²) in [7, 11) is 0. The quantitative estimate of drug-likeness (QED) is 0.753. The predicted molar refractivity (Wildman–Crippen MR) is 67.2 cm³/mol. The number of hydrogen-bond donors (Lipinski definition) is 1. The van der Waals surface area contributed by atoms with Crippen LogP contribution in [0.4, 0.5) is 0 Å². The van der Waals surface area contributed by atoms with Gasteiger partial charge in [-0.05, 0) is 46.1 Å². The monoisotopic (exact) mass is 212 g/mol. The van der Waals surface area contributed by atoms with E-state index in [4.69, 9.17) is 0 Å². The van der Waals surface area contributed by atoms with Crippen molar-refractivity contribution in [2.24, 2.45) is 5.92 Å². The summed E-state index contributed by atoms with van der Waals surface area (Å²) >= 11 is 0. The average molecular weight is 212 g/mol. The highest BCUT2D eigenvalue weighted by atomic mass is 15.2. The number of hydrogen-bond acceptors (Lipinski definition) is 2. The summed E-state index contributed by atoms with van der Waals surface area (Å²) < 4.78 is 0. The molecule has 1 aliphatic rings. The Balaban J connectivity index is 2.36. The minimum absolute atomic E-state index is 0.646. The molecule has 1 saturated heterocycles. The van der Waals surface area contributed by atoms with Gasteiger partial charge in [0, 0.05) is 24.7 Å². The molecule has 0 bridgehead atoms. The van der Waals surface area contributed by atoms with Crippen molar-refractivity contribution >= 4 is 0 Å². The number of nitrogens with one attached hydrogen (secondary N) is 1. The summed E-state index contributed by atoms with van der Waals surface area (Å²) in [6.07, 6.45) is 2.64. The van der Waals surface area contributed by atoms with Crippen LogP contribution in [0.1, 0.15) is 47.5 Å². The van der Waals surface area contributed by atoms with E-state index in [9.17, 15) is 0 Å². The number of nitrogens with zero attached hydrogens (tertiary/aromatic N) is 1. The van der Waals surface area contributed by atoms with Gasteiger partial charge in [0.2, 0.25) is 0 Å². The number of rotatable bonds is 5. The molecule has 15 heavy (non-hydrogen) atoms. The van der Waals surface area contributed by atoms with Gasteiger partial charge in [0.15, 0.2) is 0 Å². The summed E-state index contributed by atoms with van der Waals surface area (Å²) in [6, 6.07) is 2.15. The van der Waals surface area contributed by atoms with Gasteiger partial charge in [-0.1, -0.05) is 13.8 Å². The smallest absolute Gasteiger partial charge is 0.00845 e. The van der Waals surface area contributed by atoms with Gasteiger partial charge in [0.05, 0.1) is 0 Å². The van der Waals surface area contributed by atoms with Gasteiger partial charge in [-0.3, -0.25) is 4.90 Å². The molecule has 4 atom stereocenters. The van der Waals surface area contributed by atoms with E-state index in [0.717, 1.165) is 24.5 Å². The van der Waals surface area contributed by atoms with E-state index in [1.54, 1.807) is 0 Å². The van der Waals surface area contributed by atoms with Crippen LogP contribution in [0.15, 0.2) is 0 Å². The Morgan fingerprint density at radius 2 is 2.00 bits per heavy atom. The van der Waals surface area contributed by atoms with Crippen molar-refractivity contribution in [3.63, 3.8) is 0 Å². The van der Waals surface area contributed by atoms with Crippen molar-refractivity contribution < 1.29 is 0 Å². The van der Waals surface area contributed by atoms with Gasteiger partial charge in [-0.2, -0.15) is 0 Å². The van der Waals surface area contributed by atoms with E-state index in [0.29, 0.717) is 6.04 Å². The molecule has 0 saturated carbocycles. The molecule has 4 unspecified atom stereocenters. The Morgan fingerprint density at radius 3 is 2.47 bits per heavy atom. The van der Waals surface area contributed by atoms with Gasteiger partial charge >= 0.3 is 0 Å². The third-order valence-electron chi connectivity index (χ3n) is 3.65. The fourth-order valence-corrected chi connectivity index (χ4v) is 3.03. The lowest BCUT2D eigenvalue weighted by molar-refractivity contribution is 0.180. The van der Waals surface area contributed by atoms with Gasteiger partial charge in [0.1, 0.15) is 0 Å². The number of likely N-dealkylation sites (tertiary alicyclic amines) is 1. The maximum atomic E-state index is 3.50. The van der Waals surface area contributed by atoms with E-state index in [2.05, 4.69) is 44.8 Å². The molecule has 1 heterocycles. The Bertz CT molecular complexity index is 181. The van der Waals surface area contributed by atoms with Crippen molar-refractivity contribution in [3.05, 3.63) is 0 Å². The van der Waals surface area contributed by atoms with Crippen LogP contribution in [-0.2, 0) is 0 Å². The zero-order valence-electron chi connectivity index (χ0n) is 11.1. The third-order valence-corrected chi connectivity index (χ3v) is 3.65. The zero-order chi connectivity index (χ0) is 11.4. The SMILES string of the molecule is CCNC(C)CC(C)N1CC(C)CC1C. The van der Waals surface area contributed by atoms with Crippen molar-refractivity contribution in [3.8, 4) is 0 Å². The third kappa shape index (κ3) is 3.76. The van der Waals surface area contributed by atoms with Gasteiger partial charge in [0.25, 0.3) is 0 Å². The van der Waals surface area contributed by atoms with Gasteiger partial charge < -0.3 is 5.32 Å². The first kappa shape index (κ1) is 13.0. The molecule has 0 aliphatic carbocycles. The first-order chi connectivity index (χ1) is 7.04. The zero-order valence-corrected chi connectivity index (χ0v) is 11.1. The molecule has 2 nitrogen and oxygen atoms in total. The topological polar surface area (TPSA) is 15.3 Å². The second kappa shape index (κ2) is 5.86. The van der Waals surface area contributed by atoms with Crippen molar-refractivity contribution in [2.75, 3.05) is 13.1 Å². The van der Waals surface area contributed by atoms with E-state index in [1.807, 2.05) is 0 Å². The lowest BCUT2D eigenvalue weighted by Gasteiger charge is -2.30.